The van der Waals surface area contributed by atoms with Crippen molar-refractivity contribution in [1.29, 1.82) is 0 Å². The van der Waals surface area contributed by atoms with Crippen molar-refractivity contribution in [2.45, 2.75) is 33.2 Å². The Kier molecular flexibility index (Phi) is 6.78. The van der Waals surface area contributed by atoms with Crippen LogP contribution in [0.5, 0.6) is 0 Å². The number of nitrogens with zero attached hydrogens (tertiary/aromatic N) is 4. The van der Waals surface area contributed by atoms with Gasteiger partial charge in [-0.2, -0.15) is 0 Å². The van der Waals surface area contributed by atoms with Crippen molar-refractivity contribution in [3.05, 3.63) is 77.9 Å². The topological polar surface area (TPSA) is 67.1 Å². The van der Waals surface area contributed by atoms with Gasteiger partial charge in [-0.25, -0.2) is 4.99 Å². The summed E-state index contributed by atoms with van der Waals surface area (Å²) in [5.74, 6) is 1.97. The monoisotopic (exact) mass is 376 g/mol. The van der Waals surface area contributed by atoms with Gasteiger partial charge in [-0.3, -0.25) is 4.57 Å². The summed E-state index contributed by atoms with van der Waals surface area (Å²) in [6.45, 7) is 8.46. The predicted molar refractivity (Wildman–Crippen MR) is 114 cm³/mol. The van der Waals surface area contributed by atoms with Crippen LogP contribution in [-0.2, 0) is 6.54 Å². The zero-order valence-corrected chi connectivity index (χ0v) is 16.8. The molecule has 1 aromatic heterocycles. The molecule has 0 spiro atoms. The maximum Gasteiger partial charge on any atom is 0.191 e. The Balaban J connectivity index is 1.66. The largest absolute Gasteiger partial charge is 0.357 e. The lowest BCUT2D eigenvalue weighted by Gasteiger charge is -2.16. The molecule has 2 N–H and O–H groups in total. The quantitative estimate of drug-likeness (QED) is 0.490. The van der Waals surface area contributed by atoms with E-state index < -0.39 is 0 Å². The third-order valence-corrected chi connectivity index (χ3v) is 4.56. The molecule has 0 fully saturated rings. The second-order valence-electron chi connectivity index (χ2n) is 6.84. The number of rotatable bonds is 7. The molecule has 3 aromatic rings. The Labute approximate surface area is 166 Å². The van der Waals surface area contributed by atoms with Gasteiger partial charge in [-0.1, -0.05) is 55.0 Å². The van der Waals surface area contributed by atoms with Crippen LogP contribution < -0.4 is 10.6 Å². The van der Waals surface area contributed by atoms with Crippen LogP contribution in [0.25, 0.3) is 5.69 Å². The lowest BCUT2D eigenvalue weighted by Crippen LogP contribution is -2.39. The van der Waals surface area contributed by atoms with E-state index in [4.69, 9.17) is 4.99 Å². The molecular formula is C22H28N6. The van der Waals surface area contributed by atoms with Gasteiger partial charge in [0.05, 0.1) is 0 Å². The summed E-state index contributed by atoms with van der Waals surface area (Å²) in [6, 6.07) is 18.7. The molecule has 0 radical (unpaired) electrons. The zero-order chi connectivity index (χ0) is 19.8. The second kappa shape index (κ2) is 9.69. The van der Waals surface area contributed by atoms with E-state index in [-0.39, 0.29) is 0 Å². The highest BCUT2D eigenvalue weighted by Gasteiger charge is 2.09. The summed E-state index contributed by atoms with van der Waals surface area (Å²) in [4.78, 5) is 4.70. The molecule has 0 saturated heterocycles. The van der Waals surface area contributed by atoms with Crippen LogP contribution >= 0.6 is 0 Å². The highest BCUT2D eigenvalue weighted by atomic mass is 15.3. The van der Waals surface area contributed by atoms with Gasteiger partial charge in [0.25, 0.3) is 0 Å². The molecule has 2 aromatic carbocycles. The first-order valence-electron chi connectivity index (χ1n) is 9.70. The molecule has 6 heteroatoms. The molecule has 146 valence electrons. The minimum absolute atomic E-state index is 0.386. The van der Waals surface area contributed by atoms with E-state index in [1.54, 1.807) is 6.33 Å². The number of aromatic nitrogens is 3. The van der Waals surface area contributed by atoms with E-state index in [0.717, 1.165) is 30.6 Å². The molecule has 1 unspecified atom stereocenters. The predicted octanol–water partition coefficient (Wildman–Crippen LogP) is 3.43. The van der Waals surface area contributed by atoms with Crippen LogP contribution in [0.3, 0.4) is 0 Å². The maximum absolute atomic E-state index is 4.70. The summed E-state index contributed by atoms with van der Waals surface area (Å²) >= 11 is 0. The Morgan fingerprint density at radius 1 is 1.11 bits per heavy atom. The Morgan fingerprint density at radius 3 is 2.68 bits per heavy atom. The van der Waals surface area contributed by atoms with Gasteiger partial charge in [-0.05, 0) is 37.5 Å². The average Bonchev–Trinajstić information content (AvgIpc) is 3.19. The molecule has 0 amide bonds. The molecule has 0 bridgehead atoms. The van der Waals surface area contributed by atoms with Gasteiger partial charge in [0.1, 0.15) is 12.9 Å². The molecule has 6 nitrogen and oxygen atoms in total. The van der Waals surface area contributed by atoms with Crippen molar-refractivity contribution in [2.75, 3.05) is 13.1 Å². The molecule has 0 aliphatic heterocycles. The Morgan fingerprint density at radius 2 is 1.93 bits per heavy atom. The van der Waals surface area contributed by atoms with Crippen LogP contribution in [0.2, 0.25) is 0 Å². The molecule has 0 aliphatic rings. The summed E-state index contributed by atoms with van der Waals surface area (Å²) in [5, 5.41) is 15.0. The number of benzene rings is 2. The molecule has 0 saturated carbocycles. The number of aryl methyl sites for hydroxylation is 1. The molecule has 1 heterocycles. The van der Waals surface area contributed by atoms with E-state index >= 15 is 0 Å². The Bertz CT molecular complexity index is 900. The second-order valence-corrected chi connectivity index (χ2v) is 6.84. The summed E-state index contributed by atoms with van der Waals surface area (Å²) in [7, 11) is 0. The van der Waals surface area contributed by atoms with E-state index in [2.05, 4.69) is 65.9 Å². The van der Waals surface area contributed by atoms with E-state index in [1.807, 2.05) is 34.9 Å². The standard InChI is InChI=1S/C22H28N6/c1-4-23-22(24-14-18(3)19-10-8-9-17(2)13-19)25-15-21-27-26-16-28(21)20-11-6-5-7-12-20/h5-13,16,18H,4,14-15H2,1-3H3,(H2,23,24,25). The van der Waals surface area contributed by atoms with Crippen LogP contribution in [0.15, 0.2) is 65.9 Å². The molecular weight excluding hydrogens is 348 g/mol. The average molecular weight is 377 g/mol. The lowest BCUT2D eigenvalue weighted by atomic mass is 9.99. The number of para-hydroxylation sites is 1. The summed E-state index contributed by atoms with van der Waals surface area (Å²) in [5.41, 5.74) is 3.64. The highest BCUT2D eigenvalue weighted by Crippen LogP contribution is 2.15. The minimum Gasteiger partial charge on any atom is -0.357 e. The third-order valence-electron chi connectivity index (χ3n) is 4.56. The maximum atomic E-state index is 4.70. The number of nitrogens with one attached hydrogen (secondary N) is 2. The summed E-state index contributed by atoms with van der Waals surface area (Å²) < 4.78 is 1.96. The molecule has 28 heavy (non-hydrogen) atoms. The number of hydrogen-bond acceptors (Lipinski definition) is 3. The van der Waals surface area contributed by atoms with Gasteiger partial charge >= 0.3 is 0 Å². The normalized spacial score (nSPS) is 12.6. The van der Waals surface area contributed by atoms with Crippen molar-refractivity contribution in [2.24, 2.45) is 4.99 Å². The van der Waals surface area contributed by atoms with Crippen molar-refractivity contribution < 1.29 is 0 Å². The van der Waals surface area contributed by atoms with Crippen LogP contribution in [-0.4, -0.2) is 33.8 Å². The van der Waals surface area contributed by atoms with Crippen molar-refractivity contribution in [1.82, 2.24) is 25.4 Å². The Hall–Kier alpha value is -3.15. The fraction of sp³-hybridized carbons (Fsp3) is 0.318. The van der Waals surface area contributed by atoms with Gasteiger partial charge in [0.2, 0.25) is 0 Å². The number of guanidine groups is 1. The number of hydrogen-bond donors (Lipinski definition) is 2. The minimum atomic E-state index is 0.386. The van der Waals surface area contributed by atoms with E-state index in [1.165, 1.54) is 11.1 Å². The van der Waals surface area contributed by atoms with Gasteiger partial charge in [-0.15, -0.1) is 10.2 Å². The fourth-order valence-corrected chi connectivity index (χ4v) is 3.01. The molecule has 0 aliphatic carbocycles. The van der Waals surface area contributed by atoms with E-state index in [0.29, 0.717) is 12.5 Å². The van der Waals surface area contributed by atoms with E-state index in [9.17, 15) is 0 Å². The third kappa shape index (κ3) is 5.19. The molecule has 3 rings (SSSR count). The highest BCUT2D eigenvalue weighted by molar-refractivity contribution is 5.79. The molecule has 1 atom stereocenters. The zero-order valence-electron chi connectivity index (χ0n) is 16.8. The SMILES string of the molecule is CCNC(=NCc1nncn1-c1ccccc1)NCC(C)c1cccc(C)c1. The van der Waals surface area contributed by atoms with Crippen molar-refractivity contribution >= 4 is 5.96 Å². The smallest absolute Gasteiger partial charge is 0.191 e. The first-order chi connectivity index (χ1) is 13.7. The first-order valence-corrected chi connectivity index (χ1v) is 9.70. The van der Waals surface area contributed by atoms with Crippen molar-refractivity contribution in [3.8, 4) is 5.69 Å². The number of aliphatic imine (C=N–C) groups is 1. The van der Waals surface area contributed by atoms with Crippen molar-refractivity contribution in [3.63, 3.8) is 0 Å². The first kappa shape index (κ1) is 19.6. The van der Waals surface area contributed by atoms with Crippen LogP contribution in [0.4, 0.5) is 0 Å². The summed E-state index contributed by atoms with van der Waals surface area (Å²) in [6.07, 6.45) is 1.72. The lowest BCUT2D eigenvalue weighted by molar-refractivity contribution is 0.697. The fourth-order valence-electron chi connectivity index (χ4n) is 3.01. The van der Waals surface area contributed by atoms with Crippen LogP contribution in [0.1, 0.15) is 36.7 Å². The van der Waals surface area contributed by atoms with Gasteiger partial charge in [0, 0.05) is 18.8 Å². The van der Waals surface area contributed by atoms with Gasteiger partial charge < -0.3 is 10.6 Å². The van der Waals surface area contributed by atoms with Gasteiger partial charge in [0.15, 0.2) is 11.8 Å². The van der Waals surface area contributed by atoms with Crippen LogP contribution in [0, 0.1) is 6.92 Å².